The number of amides is 1. The number of fused-ring (bicyclic) bond motifs is 1. The second kappa shape index (κ2) is 8.39. The zero-order chi connectivity index (χ0) is 20.2. The maximum Gasteiger partial charge on any atom is 0.284 e. The van der Waals surface area contributed by atoms with Gasteiger partial charge in [0, 0.05) is 13.2 Å². The van der Waals surface area contributed by atoms with Gasteiger partial charge in [-0.1, -0.05) is 5.21 Å². The molecule has 10 heteroatoms. The largest absolute Gasteiger partial charge is 0.494 e. The molecule has 0 saturated carbocycles. The highest BCUT2D eigenvalue weighted by Gasteiger charge is 2.18. The SMILES string of the molecule is CCOc1ccc(-n2nnc3c(=O)n(CC(=O)NC[C@@H]4CCCO4)cnc32)cc1. The van der Waals surface area contributed by atoms with Gasteiger partial charge < -0.3 is 14.8 Å². The summed E-state index contributed by atoms with van der Waals surface area (Å²) in [6, 6.07) is 7.24. The van der Waals surface area contributed by atoms with E-state index in [0.717, 1.165) is 25.2 Å². The van der Waals surface area contributed by atoms with Gasteiger partial charge in [0.25, 0.3) is 5.56 Å². The van der Waals surface area contributed by atoms with E-state index < -0.39 is 5.56 Å². The van der Waals surface area contributed by atoms with Crippen molar-refractivity contribution in [3.63, 3.8) is 0 Å². The summed E-state index contributed by atoms with van der Waals surface area (Å²) < 4.78 is 13.6. The third kappa shape index (κ3) is 4.11. The summed E-state index contributed by atoms with van der Waals surface area (Å²) in [7, 11) is 0. The van der Waals surface area contributed by atoms with Gasteiger partial charge in [0.2, 0.25) is 5.91 Å². The molecule has 3 aromatic rings. The van der Waals surface area contributed by atoms with Crippen molar-refractivity contribution < 1.29 is 14.3 Å². The summed E-state index contributed by atoms with van der Waals surface area (Å²) in [4.78, 5) is 29.1. The topological polar surface area (TPSA) is 113 Å². The van der Waals surface area contributed by atoms with Crippen LogP contribution in [-0.4, -0.2) is 56.3 Å². The summed E-state index contributed by atoms with van der Waals surface area (Å²) in [5.41, 5.74) is 0.720. The fourth-order valence-corrected chi connectivity index (χ4v) is 3.22. The number of nitrogens with one attached hydrogen (secondary N) is 1. The van der Waals surface area contributed by atoms with Gasteiger partial charge in [0.05, 0.1) is 18.4 Å². The van der Waals surface area contributed by atoms with Crippen molar-refractivity contribution in [3.05, 3.63) is 40.9 Å². The fraction of sp³-hybridized carbons (Fsp3) is 0.421. The van der Waals surface area contributed by atoms with E-state index in [1.54, 1.807) is 0 Å². The Kier molecular flexibility index (Phi) is 5.52. The molecule has 1 amide bonds. The molecule has 1 N–H and O–H groups in total. The third-order valence-electron chi connectivity index (χ3n) is 4.69. The second-order valence-corrected chi connectivity index (χ2v) is 6.72. The highest BCUT2D eigenvalue weighted by molar-refractivity contribution is 5.76. The summed E-state index contributed by atoms with van der Waals surface area (Å²) in [6.07, 6.45) is 3.32. The summed E-state index contributed by atoms with van der Waals surface area (Å²) in [5.74, 6) is 0.465. The van der Waals surface area contributed by atoms with E-state index in [-0.39, 0.29) is 24.1 Å². The predicted octanol–water partition coefficient (Wildman–Crippen LogP) is 0.671. The van der Waals surface area contributed by atoms with Gasteiger partial charge in [-0.3, -0.25) is 14.2 Å². The Bertz CT molecular complexity index is 1050. The molecule has 4 rings (SSSR count). The lowest BCUT2D eigenvalue weighted by Crippen LogP contribution is -2.36. The lowest BCUT2D eigenvalue weighted by Gasteiger charge is -2.11. The van der Waals surface area contributed by atoms with Crippen LogP contribution >= 0.6 is 0 Å². The van der Waals surface area contributed by atoms with Gasteiger partial charge >= 0.3 is 0 Å². The second-order valence-electron chi connectivity index (χ2n) is 6.72. The highest BCUT2D eigenvalue weighted by atomic mass is 16.5. The number of aromatic nitrogens is 5. The molecule has 3 heterocycles. The molecule has 1 fully saturated rings. The third-order valence-corrected chi connectivity index (χ3v) is 4.69. The molecule has 0 radical (unpaired) electrons. The molecular formula is C19H22N6O4. The van der Waals surface area contributed by atoms with Crippen LogP contribution in [0.5, 0.6) is 5.75 Å². The molecule has 29 heavy (non-hydrogen) atoms. The first-order valence-corrected chi connectivity index (χ1v) is 9.58. The number of benzene rings is 1. The molecule has 1 saturated heterocycles. The molecule has 1 aliphatic heterocycles. The van der Waals surface area contributed by atoms with Crippen LogP contribution in [0.3, 0.4) is 0 Å². The Balaban J connectivity index is 1.51. The van der Waals surface area contributed by atoms with E-state index in [1.165, 1.54) is 15.6 Å². The van der Waals surface area contributed by atoms with Crippen LogP contribution in [-0.2, 0) is 16.1 Å². The van der Waals surface area contributed by atoms with Gasteiger partial charge in [0.15, 0.2) is 11.2 Å². The molecule has 2 aromatic heterocycles. The van der Waals surface area contributed by atoms with Crippen molar-refractivity contribution in [2.75, 3.05) is 19.8 Å². The maximum atomic E-state index is 12.7. The number of nitrogens with zero attached hydrogens (tertiary/aromatic N) is 5. The van der Waals surface area contributed by atoms with E-state index >= 15 is 0 Å². The van der Waals surface area contributed by atoms with E-state index in [9.17, 15) is 9.59 Å². The summed E-state index contributed by atoms with van der Waals surface area (Å²) in [5, 5.41) is 10.8. The van der Waals surface area contributed by atoms with E-state index in [2.05, 4.69) is 20.6 Å². The lowest BCUT2D eigenvalue weighted by atomic mass is 10.2. The van der Waals surface area contributed by atoms with Gasteiger partial charge in [-0.05, 0) is 44.0 Å². The van der Waals surface area contributed by atoms with Crippen LogP contribution in [0.1, 0.15) is 19.8 Å². The minimum Gasteiger partial charge on any atom is -0.494 e. The number of ether oxygens (including phenoxy) is 2. The average Bonchev–Trinajstić information content (AvgIpc) is 3.39. The Hall–Kier alpha value is -3.27. The molecule has 152 valence electrons. The fourth-order valence-electron chi connectivity index (χ4n) is 3.22. The van der Waals surface area contributed by atoms with E-state index in [4.69, 9.17) is 9.47 Å². The van der Waals surface area contributed by atoms with Crippen LogP contribution in [0.4, 0.5) is 0 Å². The Morgan fingerprint density at radius 1 is 1.34 bits per heavy atom. The molecule has 0 spiro atoms. The first-order chi connectivity index (χ1) is 14.2. The van der Waals surface area contributed by atoms with Crippen LogP contribution in [0.25, 0.3) is 16.9 Å². The van der Waals surface area contributed by atoms with Crippen LogP contribution in [0.2, 0.25) is 0 Å². The number of hydrogen-bond donors (Lipinski definition) is 1. The van der Waals surface area contributed by atoms with Crippen molar-refractivity contribution in [2.45, 2.75) is 32.4 Å². The zero-order valence-electron chi connectivity index (χ0n) is 16.1. The van der Waals surface area contributed by atoms with E-state index in [1.807, 2.05) is 31.2 Å². The molecule has 10 nitrogen and oxygen atoms in total. The van der Waals surface area contributed by atoms with Crippen molar-refractivity contribution in [2.24, 2.45) is 0 Å². The monoisotopic (exact) mass is 398 g/mol. The Morgan fingerprint density at radius 3 is 2.90 bits per heavy atom. The van der Waals surface area contributed by atoms with Crippen LogP contribution in [0, 0.1) is 0 Å². The number of hydrogen-bond acceptors (Lipinski definition) is 7. The van der Waals surface area contributed by atoms with Gasteiger partial charge in [-0.2, -0.15) is 4.68 Å². The minimum absolute atomic E-state index is 0.0466. The minimum atomic E-state index is -0.417. The van der Waals surface area contributed by atoms with Gasteiger partial charge in [-0.15, -0.1) is 5.10 Å². The number of carbonyl (C=O) groups is 1. The predicted molar refractivity (Wildman–Crippen MR) is 104 cm³/mol. The first-order valence-electron chi connectivity index (χ1n) is 9.58. The summed E-state index contributed by atoms with van der Waals surface area (Å²) in [6.45, 7) is 3.52. The van der Waals surface area contributed by atoms with Crippen LogP contribution < -0.4 is 15.6 Å². The van der Waals surface area contributed by atoms with Gasteiger partial charge in [-0.25, -0.2) is 4.98 Å². The molecule has 0 aliphatic carbocycles. The lowest BCUT2D eigenvalue weighted by molar-refractivity contribution is -0.122. The number of carbonyl (C=O) groups excluding carboxylic acids is 1. The standard InChI is InChI=1S/C19H22N6O4/c1-2-28-14-7-5-13(6-8-14)25-18-17(22-23-25)19(27)24(12-21-18)11-16(26)20-10-15-4-3-9-29-15/h5-8,12,15H,2-4,9-11H2,1H3,(H,20,26)/t15-/m0/s1. The molecular weight excluding hydrogens is 376 g/mol. The average molecular weight is 398 g/mol. The first kappa shape index (κ1) is 19.1. The summed E-state index contributed by atoms with van der Waals surface area (Å²) >= 11 is 0. The Labute approximate surface area is 166 Å². The quantitative estimate of drug-likeness (QED) is 0.622. The maximum absolute atomic E-state index is 12.7. The molecule has 1 atom stereocenters. The molecule has 1 aromatic carbocycles. The number of rotatable bonds is 7. The molecule has 0 bridgehead atoms. The van der Waals surface area contributed by atoms with Crippen molar-refractivity contribution in [3.8, 4) is 11.4 Å². The Morgan fingerprint density at radius 2 is 2.17 bits per heavy atom. The van der Waals surface area contributed by atoms with Crippen molar-refractivity contribution in [1.29, 1.82) is 0 Å². The van der Waals surface area contributed by atoms with E-state index in [0.29, 0.717) is 24.5 Å². The molecule has 0 unspecified atom stereocenters. The van der Waals surface area contributed by atoms with Crippen molar-refractivity contribution >= 4 is 17.1 Å². The van der Waals surface area contributed by atoms with Gasteiger partial charge in [0.1, 0.15) is 18.6 Å². The zero-order valence-corrected chi connectivity index (χ0v) is 16.1. The van der Waals surface area contributed by atoms with Crippen LogP contribution in [0.15, 0.2) is 35.4 Å². The highest BCUT2D eigenvalue weighted by Crippen LogP contribution is 2.17. The van der Waals surface area contributed by atoms with Crippen molar-refractivity contribution in [1.82, 2.24) is 29.9 Å². The molecule has 1 aliphatic rings. The smallest absolute Gasteiger partial charge is 0.284 e. The normalized spacial score (nSPS) is 16.2.